The van der Waals surface area contributed by atoms with Crippen LogP contribution in [0.15, 0.2) is 54.7 Å². The molecule has 1 aromatic carbocycles. The molecule has 0 saturated carbocycles. The molecule has 0 radical (unpaired) electrons. The molecule has 0 aliphatic heterocycles. The molecule has 0 amide bonds. The number of rotatable bonds is 2. The fourth-order valence-electron chi connectivity index (χ4n) is 2.07. The molecule has 0 spiro atoms. The van der Waals surface area contributed by atoms with Gasteiger partial charge in [0, 0.05) is 0 Å². The minimum absolute atomic E-state index is 0.235. The van der Waals surface area contributed by atoms with Crippen molar-refractivity contribution >= 4 is 17.2 Å². The molecule has 0 aliphatic rings. The van der Waals surface area contributed by atoms with Crippen LogP contribution in [0.3, 0.4) is 0 Å². The van der Waals surface area contributed by atoms with Gasteiger partial charge in [-0.1, -0.05) is 48.0 Å². The Kier molecular flexibility index (Phi) is 2.78. The molecule has 4 heteroatoms. The fraction of sp³-hybridized carbons (Fsp3) is 0.0714. The number of benzene rings is 1. The van der Waals surface area contributed by atoms with Crippen LogP contribution in [0.25, 0.3) is 5.65 Å². The van der Waals surface area contributed by atoms with Crippen molar-refractivity contribution in [3.63, 3.8) is 0 Å². The topological polar surface area (TPSA) is 43.3 Å². The second-order valence-corrected chi connectivity index (χ2v) is 4.50. The van der Waals surface area contributed by atoms with Crippen LogP contribution < -0.4 is 5.73 Å². The van der Waals surface area contributed by atoms with Crippen molar-refractivity contribution in [2.24, 2.45) is 5.73 Å². The zero-order valence-electron chi connectivity index (χ0n) is 9.62. The van der Waals surface area contributed by atoms with Gasteiger partial charge in [0.05, 0.1) is 17.9 Å². The summed E-state index contributed by atoms with van der Waals surface area (Å²) >= 11 is 6.20. The van der Waals surface area contributed by atoms with E-state index in [-0.39, 0.29) is 6.04 Å². The highest BCUT2D eigenvalue weighted by molar-refractivity contribution is 6.29. The second-order valence-electron chi connectivity index (χ2n) is 4.11. The average Bonchev–Trinajstić information content (AvgIpc) is 2.84. The molecule has 90 valence electrons. The third kappa shape index (κ3) is 1.78. The van der Waals surface area contributed by atoms with Crippen molar-refractivity contribution in [2.75, 3.05) is 0 Å². The van der Waals surface area contributed by atoms with Gasteiger partial charge >= 0.3 is 0 Å². The Hall–Kier alpha value is -1.84. The number of pyridine rings is 1. The van der Waals surface area contributed by atoms with Crippen LogP contribution in [-0.4, -0.2) is 9.38 Å². The third-order valence-corrected chi connectivity index (χ3v) is 3.28. The predicted molar refractivity (Wildman–Crippen MR) is 72.7 cm³/mol. The summed E-state index contributed by atoms with van der Waals surface area (Å²) in [6.45, 7) is 0. The van der Waals surface area contributed by atoms with Crippen LogP contribution in [0.2, 0.25) is 5.15 Å². The van der Waals surface area contributed by atoms with Crippen LogP contribution in [0, 0.1) is 0 Å². The van der Waals surface area contributed by atoms with E-state index < -0.39 is 0 Å². The quantitative estimate of drug-likeness (QED) is 0.717. The second kappa shape index (κ2) is 4.44. The van der Waals surface area contributed by atoms with E-state index in [0.29, 0.717) is 5.15 Å². The monoisotopic (exact) mass is 257 g/mol. The summed E-state index contributed by atoms with van der Waals surface area (Å²) < 4.78 is 1.87. The molecule has 3 rings (SSSR count). The van der Waals surface area contributed by atoms with Gasteiger partial charge < -0.3 is 5.73 Å². The lowest BCUT2D eigenvalue weighted by Crippen LogP contribution is -2.14. The van der Waals surface area contributed by atoms with Gasteiger partial charge in [0.25, 0.3) is 0 Å². The Morgan fingerprint density at radius 1 is 1.06 bits per heavy atom. The minimum atomic E-state index is -0.235. The van der Waals surface area contributed by atoms with E-state index in [1.807, 2.05) is 52.9 Å². The number of hydrogen-bond acceptors (Lipinski definition) is 2. The highest BCUT2D eigenvalue weighted by Crippen LogP contribution is 2.23. The molecular weight excluding hydrogens is 246 g/mol. The van der Waals surface area contributed by atoms with Crippen molar-refractivity contribution in [1.29, 1.82) is 0 Å². The number of hydrogen-bond donors (Lipinski definition) is 1. The average molecular weight is 258 g/mol. The van der Waals surface area contributed by atoms with E-state index in [0.717, 1.165) is 16.9 Å². The Labute approximate surface area is 110 Å². The molecule has 2 N–H and O–H groups in total. The first-order valence-electron chi connectivity index (χ1n) is 5.70. The molecule has 3 aromatic rings. The molecule has 1 unspecified atom stereocenters. The first-order valence-corrected chi connectivity index (χ1v) is 6.07. The van der Waals surface area contributed by atoms with Crippen LogP contribution in [0.4, 0.5) is 0 Å². The smallest absolute Gasteiger partial charge is 0.138 e. The normalized spacial score (nSPS) is 12.8. The van der Waals surface area contributed by atoms with Gasteiger partial charge in [-0.05, 0) is 17.7 Å². The van der Waals surface area contributed by atoms with Gasteiger partial charge in [0.15, 0.2) is 0 Å². The number of imidazole rings is 1. The van der Waals surface area contributed by atoms with Crippen molar-refractivity contribution in [2.45, 2.75) is 6.04 Å². The molecule has 0 fully saturated rings. The van der Waals surface area contributed by atoms with Crippen LogP contribution in [0.5, 0.6) is 0 Å². The minimum Gasteiger partial charge on any atom is -0.319 e. The molecule has 0 bridgehead atoms. The maximum absolute atomic E-state index is 6.28. The van der Waals surface area contributed by atoms with Crippen LogP contribution >= 0.6 is 11.6 Å². The number of fused-ring (bicyclic) bond motifs is 1. The summed E-state index contributed by atoms with van der Waals surface area (Å²) in [7, 11) is 0. The fourth-order valence-corrected chi connectivity index (χ4v) is 2.33. The molecular formula is C14H12ClN3. The largest absolute Gasteiger partial charge is 0.319 e. The van der Waals surface area contributed by atoms with E-state index in [1.165, 1.54) is 0 Å². The van der Waals surface area contributed by atoms with Crippen molar-refractivity contribution in [3.05, 3.63) is 71.1 Å². The molecule has 2 aromatic heterocycles. The van der Waals surface area contributed by atoms with Gasteiger partial charge in [-0.15, -0.1) is 0 Å². The molecule has 18 heavy (non-hydrogen) atoms. The summed E-state index contributed by atoms with van der Waals surface area (Å²) in [5.74, 6) is 0. The Bertz CT molecular complexity index is 676. The lowest BCUT2D eigenvalue weighted by Gasteiger charge is -2.12. The lowest BCUT2D eigenvalue weighted by molar-refractivity contribution is 0.815. The lowest BCUT2D eigenvalue weighted by atomic mass is 10.1. The first kappa shape index (κ1) is 11.3. The summed E-state index contributed by atoms with van der Waals surface area (Å²) in [5.41, 5.74) is 9.02. The Balaban J connectivity index is 2.15. The van der Waals surface area contributed by atoms with Crippen molar-refractivity contribution in [1.82, 2.24) is 9.38 Å². The maximum Gasteiger partial charge on any atom is 0.138 e. The summed E-state index contributed by atoms with van der Waals surface area (Å²) in [5, 5.41) is 0.617. The Morgan fingerprint density at radius 2 is 1.83 bits per heavy atom. The van der Waals surface area contributed by atoms with Gasteiger partial charge in [-0.2, -0.15) is 0 Å². The van der Waals surface area contributed by atoms with E-state index in [9.17, 15) is 0 Å². The highest BCUT2D eigenvalue weighted by Gasteiger charge is 2.14. The van der Waals surface area contributed by atoms with E-state index in [4.69, 9.17) is 17.3 Å². The van der Waals surface area contributed by atoms with Crippen molar-refractivity contribution in [3.8, 4) is 0 Å². The molecule has 0 aliphatic carbocycles. The number of nitrogens with two attached hydrogens (primary N) is 1. The number of nitrogens with zero attached hydrogens (tertiary/aromatic N) is 2. The summed E-state index contributed by atoms with van der Waals surface area (Å²) in [4.78, 5) is 4.32. The zero-order valence-corrected chi connectivity index (χ0v) is 10.4. The standard InChI is InChI=1S/C14H12ClN3/c15-12-7-4-8-13-17-9-11(18(12)13)14(16)10-5-2-1-3-6-10/h1-9,14H,16H2. The van der Waals surface area contributed by atoms with E-state index >= 15 is 0 Å². The predicted octanol–water partition coefficient (Wildman–Crippen LogP) is 3.04. The number of halogens is 1. The third-order valence-electron chi connectivity index (χ3n) is 2.99. The SMILES string of the molecule is NC(c1ccccc1)c1cnc2cccc(Cl)n12. The highest BCUT2D eigenvalue weighted by atomic mass is 35.5. The van der Waals surface area contributed by atoms with Gasteiger partial charge in [-0.3, -0.25) is 4.40 Å². The summed E-state index contributed by atoms with van der Waals surface area (Å²) in [6, 6.07) is 15.3. The zero-order chi connectivity index (χ0) is 12.5. The Morgan fingerprint density at radius 3 is 2.61 bits per heavy atom. The first-order chi connectivity index (χ1) is 8.77. The van der Waals surface area contributed by atoms with Gasteiger partial charge in [0.2, 0.25) is 0 Å². The van der Waals surface area contributed by atoms with Crippen LogP contribution in [0.1, 0.15) is 17.3 Å². The van der Waals surface area contributed by atoms with E-state index in [2.05, 4.69) is 4.98 Å². The van der Waals surface area contributed by atoms with Gasteiger partial charge in [-0.25, -0.2) is 4.98 Å². The molecule has 0 saturated heterocycles. The maximum atomic E-state index is 6.28. The molecule has 2 heterocycles. The van der Waals surface area contributed by atoms with Crippen LogP contribution in [-0.2, 0) is 0 Å². The van der Waals surface area contributed by atoms with Gasteiger partial charge in [0.1, 0.15) is 10.8 Å². The van der Waals surface area contributed by atoms with Crippen molar-refractivity contribution < 1.29 is 0 Å². The van der Waals surface area contributed by atoms with E-state index in [1.54, 1.807) is 6.20 Å². The molecule has 1 atom stereocenters. The molecule has 3 nitrogen and oxygen atoms in total. The number of aromatic nitrogens is 2. The summed E-state index contributed by atoms with van der Waals surface area (Å²) in [6.07, 6.45) is 1.78.